The van der Waals surface area contributed by atoms with Crippen LogP contribution < -0.4 is 5.73 Å². The van der Waals surface area contributed by atoms with Gasteiger partial charge in [0, 0.05) is 19.5 Å². The summed E-state index contributed by atoms with van der Waals surface area (Å²) in [7, 11) is 0. The number of hydrogen-bond acceptors (Lipinski definition) is 3. The van der Waals surface area contributed by atoms with E-state index in [9.17, 15) is 4.79 Å². The molecule has 0 bridgehead atoms. The first-order chi connectivity index (χ1) is 10.1. The average Bonchev–Trinajstić information content (AvgIpc) is 2.46. The quantitative estimate of drug-likeness (QED) is 0.514. The second-order valence-electron chi connectivity index (χ2n) is 6.29. The molecule has 126 valence electrons. The largest absolute Gasteiger partial charge is 0.395 e. The first-order valence-electron chi connectivity index (χ1n) is 8.65. The Hall–Kier alpha value is -0.610. The van der Waals surface area contributed by atoms with Crippen molar-refractivity contribution in [1.29, 1.82) is 0 Å². The van der Waals surface area contributed by atoms with E-state index < -0.39 is 0 Å². The highest BCUT2D eigenvalue weighted by Crippen LogP contribution is 2.21. The lowest BCUT2D eigenvalue weighted by molar-refractivity contribution is -0.132. The van der Waals surface area contributed by atoms with Crippen molar-refractivity contribution in [2.75, 3.05) is 26.2 Å². The Morgan fingerprint density at radius 3 is 2.38 bits per heavy atom. The molecule has 0 saturated heterocycles. The van der Waals surface area contributed by atoms with Gasteiger partial charge in [0.25, 0.3) is 0 Å². The summed E-state index contributed by atoms with van der Waals surface area (Å²) in [4.78, 5) is 14.1. The van der Waals surface area contributed by atoms with Crippen LogP contribution in [-0.2, 0) is 4.79 Å². The van der Waals surface area contributed by atoms with Crippen LogP contribution >= 0.6 is 0 Å². The molecule has 0 radical (unpaired) electrons. The van der Waals surface area contributed by atoms with E-state index in [1.54, 1.807) is 0 Å². The zero-order valence-corrected chi connectivity index (χ0v) is 14.3. The predicted octanol–water partition coefficient (Wildman–Crippen LogP) is 2.79. The zero-order chi connectivity index (χ0) is 16.1. The molecule has 1 atom stereocenters. The van der Waals surface area contributed by atoms with Crippen LogP contribution in [0, 0.1) is 11.8 Å². The molecular weight excluding hydrogens is 264 g/mol. The van der Waals surface area contributed by atoms with Gasteiger partial charge in [-0.05, 0) is 37.6 Å². The van der Waals surface area contributed by atoms with Crippen LogP contribution in [0.4, 0.5) is 0 Å². The number of nitrogens with zero attached hydrogens (tertiary/aromatic N) is 1. The van der Waals surface area contributed by atoms with Gasteiger partial charge in [0.15, 0.2) is 0 Å². The van der Waals surface area contributed by atoms with Gasteiger partial charge in [-0.2, -0.15) is 0 Å². The van der Waals surface area contributed by atoms with Gasteiger partial charge in [-0.1, -0.05) is 40.0 Å². The molecule has 0 aromatic heterocycles. The van der Waals surface area contributed by atoms with Gasteiger partial charge in [-0.15, -0.1) is 0 Å². The SMILES string of the molecule is CCCCCCN(CCO)C(=O)CCC(CCN)C(C)C. The van der Waals surface area contributed by atoms with Crippen molar-refractivity contribution in [1.82, 2.24) is 4.90 Å². The molecule has 3 N–H and O–H groups in total. The number of amides is 1. The van der Waals surface area contributed by atoms with E-state index in [-0.39, 0.29) is 12.5 Å². The topological polar surface area (TPSA) is 66.6 Å². The van der Waals surface area contributed by atoms with Gasteiger partial charge in [0.1, 0.15) is 0 Å². The Kier molecular flexibility index (Phi) is 12.7. The monoisotopic (exact) mass is 300 g/mol. The Morgan fingerprint density at radius 1 is 1.14 bits per heavy atom. The first-order valence-corrected chi connectivity index (χ1v) is 8.65. The van der Waals surface area contributed by atoms with Crippen molar-refractivity contribution in [3.63, 3.8) is 0 Å². The summed E-state index contributed by atoms with van der Waals surface area (Å²) in [5.74, 6) is 1.27. The molecule has 4 heteroatoms. The number of hydrogen-bond donors (Lipinski definition) is 2. The lowest BCUT2D eigenvalue weighted by Gasteiger charge is -2.24. The highest BCUT2D eigenvalue weighted by Gasteiger charge is 2.17. The normalized spacial score (nSPS) is 12.7. The molecule has 0 fully saturated rings. The summed E-state index contributed by atoms with van der Waals surface area (Å²) in [6.45, 7) is 8.56. The Morgan fingerprint density at radius 2 is 1.86 bits per heavy atom. The fourth-order valence-corrected chi connectivity index (χ4v) is 2.70. The van der Waals surface area contributed by atoms with E-state index in [1.165, 1.54) is 12.8 Å². The van der Waals surface area contributed by atoms with Gasteiger partial charge in [0.05, 0.1) is 6.61 Å². The molecule has 0 aliphatic carbocycles. The summed E-state index contributed by atoms with van der Waals surface area (Å²) >= 11 is 0. The van der Waals surface area contributed by atoms with E-state index in [0.717, 1.165) is 32.2 Å². The molecule has 0 saturated carbocycles. The smallest absolute Gasteiger partial charge is 0.222 e. The summed E-state index contributed by atoms with van der Waals surface area (Å²) in [6.07, 6.45) is 7.09. The number of nitrogens with two attached hydrogens (primary N) is 1. The van der Waals surface area contributed by atoms with Crippen LogP contribution in [0.3, 0.4) is 0 Å². The molecular formula is C17H36N2O2. The molecule has 1 unspecified atom stereocenters. The lowest BCUT2D eigenvalue weighted by Crippen LogP contribution is -2.34. The van der Waals surface area contributed by atoms with E-state index in [2.05, 4.69) is 20.8 Å². The van der Waals surface area contributed by atoms with Crippen molar-refractivity contribution in [3.05, 3.63) is 0 Å². The second-order valence-corrected chi connectivity index (χ2v) is 6.29. The minimum absolute atomic E-state index is 0.0515. The predicted molar refractivity (Wildman–Crippen MR) is 89.0 cm³/mol. The molecule has 0 spiro atoms. The number of unbranched alkanes of at least 4 members (excludes halogenated alkanes) is 3. The minimum Gasteiger partial charge on any atom is -0.395 e. The molecule has 0 aliphatic rings. The first kappa shape index (κ1) is 20.4. The number of aliphatic hydroxyl groups is 1. The number of aliphatic hydroxyl groups excluding tert-OH is 1. The zero-order valence-electron chi connectivity index (χ0n) is 14.3. The Balaban J connectivity index is 4.20. The van der Waals surface area contributed by atoms with Crippen molar-refractivity contribution < 1.29 is 9.90 Å². The summed E-state index contributed by atoms with van der Waals surface area (Å²) in [6, 6.07) is 0. The lowest BCUT2D eigenvalue weighted by atomic mass is 9.88. The van der Waals surface area contributed by atoms with Crippen molar-refractivity contribution in [2.24, 2.45) is 17.6 Å². The average molecular weight is 300 g/mol. The minimum atomic E-state index is 0.0515. The Bertz CT molecular complexity index is 257. The van der Waals surface area contributed by atoms with Crippen LogP contribution in [0.15, 0.2) is 0 Å². The summed E-state index contributed by atoms with van der Waals surface area (Å²) in [5, 5.41) is 9.13. The third kappa shape index (κ3) is 9.86. The summed E-state index contributed by atoms with van der Waals surface area (Å²) < 4.78 is 0. The Labute approximate surface area is 131 Å². The third-order valence-electron chi connectivity index (χ3n) is 4.21. The molecule has 21 heavy (non-hydrogen) atoms. The van der Waals surface area contributed by atoms with Crippen LogP contribution in [0.5, 0.6) is 0 Å². The van der Waals surface area contributed by atoms with E-state index >= 15 is 0 Å². The molecule has 4 nitrogen and oxygen atoms in total. The van der Waals surface area contributed by atoms with Gasteiger partial charge in [0.2, 0.25) is 5.91 Å². The molecule has 0 aromatic rings. The third-order valence-corrected chi connectivity index (χ3v) is 4.21. The molecule has 0 heterocycles. The standard InChI is InChI=1S/C17H36N2O2/c1-4-5-6-7-12-19(13-14-20)17(21)9-8-16(10-11-18)15(2)3/h15-16,20H,4-14,18H2,1-3H3. The number of carbonyl (C=O) groups excluding carboxylic acids is 1. The van der Waals surface area contributed by atoms with Crippen LogP contribution in [0.1, 0.15) is 65.7 Å². The van der Waals surface area contributed by atoms with Crippen LogP contribution in [-0.4, -0.2) is 42.2 Å². The molecule has 0 aromatic carbocycles. The van der Waals surface area contributed by atoms with Crippen molar-refractivity contribution in [2.45, 2.75) is 65.7 Å². The van der Waals surface area contributed by atoms with Gasteiger partial charge in [-0.25, -0.2) is 0 Å². The van der Waals surface area contributed by atoms with Crippen LogP contribution in [0.25, 0.3) is 0 Å². The fourth-order valence-electron chi connectivity index (χ4n) is 2.70. The highest BCUT2D eigenvalue weighted by atomic mass is 16.3. The maximum Gasteiger partial charge on any atom is 0.222 e. The van der Waals surface area contributed by atoms with Gasteiger partial charge in [-0.3, -0.25) is 4.79 Å². The van der Waals surface area contributed by atoms with Gasteiger partial charge >= 0.3 is 0 Å². The maximum atomic E-state index is 12.3. The fraction of sp³-hybridized carbons (Fsp3) is 0.941. The van der Waals surface area contributed by atoms with Crippen molar-refractivity contribution in [3.8, 4) is 0 Å². The number of rotatable bonds is 13. The highest BCUT2D eigenvalue weighted by molar-refractivity contribution is 5.76. The van der Waals surface area contributed by atoms with Gasteiger partial charge < -0.3 is 15.7 Å². The van der Waals surface area contributed by atoms with Crippen molar-refractivity contribution >= 4 is 5.91 Å². The molecule has 1 amide bonds. The molecule has 0 aliphatic heterocycles. The number of carbonyl (C=O) groups is 1. The van der Waals surface area contributed by atoms with E-state index in [1.807, 2.05) is 4.90 Å². The maximum absolute atomic E-state index is 12.3. The van der Waals surface area contributed by atoms with E-state index in [4.69, 9.17) is 10.8 Å². The summed E-state index contributed by atoms with van der Waals surface area (Å²) in [5.41, 5.74) is 5.65. The molecule has 0 rings (SSSR count). The van der Waals surface area contributed by atoms with E-state index in [0.29, 0.717) is 31.3 Å². The second kappa shape index (κ2) is 13.1. The van der Waals surface area contributed by atoms with Crippen LogP contribution in [0.2, 0.25) is 0 Å².